The van der Waals surface area contributed by atoms with Crippen LogP contribution in [-0.4, -0.2) is 36.9 Å². The van der Waals surface area contributed by atoms with Crippen LogP contribution in [0.3, 0.4) is 0 Å². The van der Waals surface area contributed by atoms with E-state index in [9.17, 15) is 9.59 Å². The highest BCUT2D eigenvalue weighted by Gasteiger charge is 2.27. The Morgan fingerprint density at radius 2 is 1.96 bits per heavy atom. The second-order valence-corrected chi connectivity index (χ2v) is 5.81. The smallest absolute Gasteiger partial charge is 0.309 e. The molecule has 2 aromatic rings. The van der Waals surface area contributed by atoms with Crippen molar-refractivity contribution in [3.63, 3.8) is 0 Å². The average Bonchev–Trinajstić information content (AvgIpc) is 3.15. The number of hydrogen-bond donors (Lipinski definition) is 2. The van der Waals surface area contributed by atoms with Crippen molar-refractivity contribution in [2.45, 2.75) is 19.0 Å². The Kier molecular flexibility index (Phi) is 4.96. The van der Waals surface area contributed by atoms with Crippen LogP contribution in [0.25, 0.3) is 0 Å². The normalized spacial score (nSPS) is 15.4. The van der Waals surface area contributed by atoms with Gasteiger partial charge in [0, 0.05) is 26.7 Å². The monoisotopic (exact) mass is 327 g/mol. The van der Waals surface area contributed by atoms with Crippen LogP contribution >= 0.6 is 0 Å². The van der Waals surface area contributed by atoms with Crippen molar-refractivity contribution < 1.29 is 14.0 Å². The summed E-state index contributed by atoms with van der Waals surface area (Å²) < 4.78 is 5.56. The van der Waals surface area contributed by atoms with Gasteiger partial charge >= 0.3 is 11.8 Å². The third kappa shape index (κ3) is 3.49. The Morgan fingerprint density at radius 3 is 2.67 bits per heavy atom. The maximum Gasteiger partial charge on any atom is 0.309 e. The molecule has 24 heavy (non-hydrogen) atoms. The molecule has 0 aliphatic carbocycles. The molecule has 2 heterocycles. The predicted octanol–water partition coefficient (Wildman–Crippen LogP) is 1.24. The second kappa shape index (κ2) is 7.31. The Labute approximate surface area is 140 Å². The number of hydrogen-bond acceptors (Lipinski definition) is 4. The predicted molar refractivity (Wildman–Crippen MR) is 89.1 cm³/mol. The summed E-state index contributed by atoms with van der Waals surface area (Å²) in [5.41, 5.74) is 2.65. The van der Waals surface area contributed by atoms with Crippen molar-refractivity contribution in [2.75, 3.05) is 20.1 Å². The molecule has 1 aromatic carbocycles. The lowest BCUT2D eigenvalue weighted by atomic mass is 9.98. The van der Waals surface area contributed by atoms with Gasteiger partial charge in [0.1, 0.15) is 5.76 Å². The molecule has 6 nitrogen and oxygen atoms in total. The number of amides is 2. The first kappa shape index (κ1) is 16.3. The first-order chi connectivity index (χ1) is 11.7. The van der Waals surface area contributed by atoms with Crippen LogP contribution in [0.5, 0.6) is 0 Å². The van der Waals surface area contributed by atoms with E-state index < -0.39 is 11.8 Å². The van der Waals surface area contributed by atoms with Gasteiger partial charge in [-0.1, -0.05) is 24.3 Å². The molecule has 126 valence electrons. The maximum absolute atomic E-state index is 11.8. The SMILES string of the molecule is CNC(=O)C(=O)NC[C@@H](c1ccco1)N1CCc2ccccc2C1. The average molecular weight is 327 g/mol. The molecule has 0 bridgehead atoms. The van der Waals surface area contributed by atoms with Gasteiger partial charge in [-0.25, -0.2) is 0 Å². The number of carbonyl (C=O) groups excluding carboxylic acids is 2. The molecule has 2 amide bonds. The number of carbonyl (C=O) groups is 2. The quantitative estimate of drug-likeness (QED) is 0.829. The summed E-state index contributed by atoms with van der Waals surface area (Å²) in [4.78, 5) is 25.4. The largest absolute Gasteiger partial charge is 0.468 e. The number of furan rings is 1. The standard InChI is InChI=1S/C18H21N3O3/c1-19-17(22)18(23)20-11-15(16-7-4-10-24-16)21-9-8-13-5-2-3-6-14(13)12-21/h2-7,10,15H,8-9,11-12H2,1H3,(H,19,22)(H,20,23)/t15-/m0/s1. The molecular weight excluding hydrogens is 306 g/mol. The van der Waals surface area contributed by atoms with E-state index in [1.165, 1.54) is 18.2 Å². The topological polar surface area (TPSA) is 74.6 Å². The Bertz CT molecular complexity index is 712. The molecule has 6 heteroatoms. The zero-order valence-corrected chi connectivity index (χ0v) is 13.6. The van der Waals surface area contributed by atoms with Gasteiger partial charge < -0.3 is 15.1 Å². The fourth-order valence-electron chi connectivity index (χ4n) is 3.06. The van der Waals surface area contributed by atoms with Crippen LogP contribution in [0.4, 0.5) is 0 Å². The van der Waals surface area contributed by atoms with E-state index in [0.29, 0.717) is 6.54 Å². The number of nitrogens with zero attached hydrogens (tertiary/aromatic N) is 1. The molecule has 1 aromatic heterocycles. The van der Waals surface area contributed by atoms with Gasteiger partial charge in [0.05, 0.1) is 12.3 Å². The third-order valence-electron chi connectivity index (χ3n) is 4.36. The van der Waals surface area contributed by atoms with Crippen molar-refractivity contribution in [1.29, 1.82) is 0 Å². The van der Waals surface area contributed by atoms with Crippen molar-refractivity contribution in [3.05, 3.63) is 59.5 Å². The van der Waals surface area contributed by atoms with E-state index in [4.69, 9.17) is 4.42 Å². The third-order valence-corrected chi connectivity index (χ3v) is 4.36. The van der Waals surface area contributed by atoms with Crippen LogP contribution in [0.1, 0.15) is 22.9 Å². The molecule has 0 fully saturated rings. The molecule has 0 unspecified atom stereocenters. The summed E-state index contributed by atoms with van der Waals surface area (Å²) in [7, 11) is 1.44. The summed E-state index contributed by atoms with van der Waals surface area (Å²) in [5.74, 6) is -0.491. The molecule has 0 radical (unpaired) electrons. The van der Waals surface area contributed by atoms with Crippen molar-refractivity contribution >= 4 is 11.8 Å². The maximum atomic E-state index is 11.8. The molecule has 0 spiro atoms. The highest BCUT2D eigenvalue weighted by molar-refractivity contribution is 6.35. The first-order valence-corrected chi connectivity index (χ1v) is 8.03. The minimum atomic E-state index is -0.641. The summed E-state index contributed by atoms with van der Waals surface area (Å²) >= 11 is 0. The van der Waals surface area contributed by atoms with Crippen molar-refractivity contribution in [1.82, 2.24) is 15.5 Å². The van der Waals surface area contributed by atoms with E-state index in [0.717, 1.165) is 25.3 Å². The van der Waals surface area contributed by atoms with E-state index in [1.807, 2.05) is 18.2 Å². The van der Waals surface area contributed by atoms with E-state index in [-0.39, 0.29) is 6.04 Å². The summed E-state index contributed by atoms with van der Waals surface area (Å²) in [6.07, 6.45) is 2.58. The van der Waals surface area contributed by atoms with E-state index in [2.05, 4.69) is 33.7 Å². The van der Waals surface area contributed by atoms with Gasteiger partial charge in [-0.15, -0.1) is 0 Å². The van der Waals surface area contributed by atoms with Crippen LogP contribution in [0.15, 0.2) is 47.1 Å². The number of nitrogens with one attached hydrogen (secondary N) is 2. The molecule has 2 N–H and O–H groups in total. The Balaban J connectivity index is 1.74. The number of benzene rings is 1. The Morgan fingerprint density at radius 1 is 1.17 bits per heavy atom. The zero-order valence-electron chi connectivity index (χ0n) is 13.6. The molecule has 1 atom stereocenters. The van der Waals surface area contributed by atoms with E-state index in [1.54, 1.807) is 6.26 Å². The van der Waals surface area contributed by atoms with Crippen LogP contribution < -0.4 is 10.6 Å². The van der Waals surface area contributed by atoms with E-state index >= 15 is 0 Å². The lowest BCUT2D eigenvalue weighted by Crippen LogP contribution is -2.44. The number of rotatable bonds is 4. The number of fused-ring (bicyclic) bond motifs is 1. The minimum absolute atomic E-state index is 0.109. The molecule has 1 aliphatic heterocycles. The number of likely N-dealkylation sites (N-methyl/N-ethyl adjacent to an activating group) is 1. The zero-order chi connectivity index (χ0) is 16.9. The highest BCUT2D eigenvalue weighted by Crippen LogP contribution is 2.27. The van der Waals surface area contributed by atoms with Crippen LogP contribution in [0, 0.1) is 0 Å². The van der Waals surface area contributed by atoms with Crippen LogP contribution in [-0.2, 0) is 22.6 Å². The van der Waals surface area contributed by atoms with Crippen molar-refractivity contribution in [3.8, 4) is 0 Å². The summed E-state index contributed by atoms with van der Waals surface area (Å²) in [6, 6.07) is 12.0. The molecule has 0 saturated heterocycles. The molecule has 1 aliphatic rings. The lowest BCUT2D eigenvalue weighted by Gasteiger charge is -2.34. The second-order valence-electron chi connectivity index (χ2n) is 5.81. The van der Waals surface area contributed by atoms with Gasteiger partial charge in [0.2, 0.25) is 0 Å². The van der Waals surface area contributed by atoms with Gasteiger partial charge in [0.25, 0.3) is 0 Å². The lowest BCUT2D eigenvalue weighted by molar-refractivity contribution is -0.139. The van der Waals surface area contributed by atoms with Gasteiger partial charge in [-0.05, 0) is 29.7 Å². The minimum Gasteiger partial charge on any atom is -0.468 e. The molecular formula is C18H21N3O3. The fourth-order valence-corrected chi connectivity index (χ4v) is 3.06. The highest BCUT2D eigenvalue weighted by atomic mass is 16.3. The summed E-state index contributed by atoms with van der Waals surface area (Å²) in [6.45, 7) is 1.98. The fraction of sp³-hybridized carbons (Fsp3) is 0.333. The van der Waals surface area contributed by atoms with Gasteiger partial charge in [-0.3, -0.25) is 14.5 Å². The molecule has 0 saturated carbocycles. The first-order valence-electron chi connectivity index (χ1n) is 8.03. The molecule has 3 rings (SSSR count). The summed E-state index contributed by atoms with van der Waals surface area (Å²) in [5, 5.41) is 5.02. The van der Waals surface area contributed by atoms with Gasteiger partial charge in [0.15, 0.2) is 0 Å². The van der Waals surface area contributed by atoms with Gasteiger partial charge in [-0.2, -0.15) is 0 Å². The van der Waals surface area contributed by atoms with Crippen LogP contribution in [0.2, 0.25) is 0 Å². The Hall–Kier alpha value is -2.60. The van der Waals surface area contributed by atoms with Crippen molar-refractivity contribution in [2.24, 2.45) is 0 Å².